The number of methoxy groups -OCH3 is 1. The predicted molar refractivity (Wildman–Crippen MR) is 60.4 cm³/mol. The van der Waals surface area contributed by atoms with E-state index in [1.54, 1.807) is 13.2 Å². The normalized spacial score (nSPS) is 12.4. The number of rotatable bonds is 4. The molecule has 0 radical (unpaired) electrons. The van der Waals surface area contributed by atoms with Gasteiger partial charge in [0.05, 0.1) is 13.3 Å². The van der Waals surface area contributed by atoms with Crippen LogP contribution >= 0.6 is 0 Å². The van der Waals surface area contributed by atoms with Gasteiger partial charge in [0.25, 0.3) is 5.91 Å². The highest BCUT2D eigenvalue weighted by Crippen LogP contribution is 2.10. The summed E-state index contributed by atoms with van der Waals surface area (Å²) in [5.41, 5.74) is 3.00. The Morgan fingerprint density at radius 1 is 1.62 bits per heavy atom. The Morgan fingerprint density at radius 2 is 2.38 bits per heavy atom. The third-order valence-electron chi connectivity index (χ3n) is 1.86. The van der Waals surface area contributed by atoms with Crippen LogP contribution < -0.4 is 10.2 Å². The van der Waals surface area contributed by atoms with E-state index >= 15 is 0 Å². The van der Waals surface area contributed by atoms with E-state index in [0.717, 1.165) is 5.56 Å². The highest BCUT2D eigenvalue weighted by molar-refractivity contribution is 5.84. The Bertz CT molecular complexity index is 389. The van der Waals surface area contributed by atoms with E-state index in [0.29, 0.717) is 5.75 Å². The third-order valence-corrected chi connectivity index (χ3v) is 1.86. The number of ether oxygens (including phenoxy) is 1. The van der Waals surface area contributed by atoms with Crippen LogP contribution in [0.2, 0.25) is 0 Å². The lowest BCUT2D eigenvalue weighted by molar-refractivity contribution is -0.128. The van der Waals surface area contributed by atoms with E-state index in [9.17, 15) is 4.79 Å². The Hall–Kier alpha value is -1.88. The molecule has 2 N–H and O–H groups in total. The van der Waals surface area contributed by atoms with Gasteiger partial charge in [-0.15, -0.1) is 0 Å². The minimum atomic E-state index is -1.07. The molecular weight excluding hydrogens is 208 g/mol. The quantitative estimate of drug-likeness (QED) is 0.576. The summed E-state index contributed by atoms with van der Waals surface area (Å²) in [6.45, 7) is 1.37. The van der Waals surface area contributed by atoms with Gasteiger partial charge in [-0.05, 0) is 24.6 Å². The maximum Gasteiger partial charge on any atom is 0.268 e. The van der Waals surface area contributed by atoms with Crippen molar-refractivity contribution in [3.05, 3.63) is 29.8 Å². The molecule has 0 saturated heterocycles. The summed E-state index contributed by atoms with van der Waals surface area (Å²) in [6.07, 6.45) is 0.408. The first-order valence-electron chi connectivity index (χ1n) is 4.78. The summed E-state index contributed by atoms with van der Waals surface area (Å²) in [6, 6.07) is 7.22. The topological polar surface area (TPSA) is 70.9 Å². The first-order valence-corrected chi connectivity index (χ1v) is 4.78. The SMILES string of the molecule is COc1cccc(/C=N\NC(=O)[C@H](C)O)c1. The molecule has 1 aromatic carbocycles. The molecule has 0 bridgehead atoms. The van der Waals surface area contributed by atoms with E-state index in [1.807, 2.05) is 18.2 Å². The molecule has 5 nitrogen and oxygen atoms in total. The zero-order valence-electron chi connectivity index (χ0n) is 9.18. The van der Waals surface area contributed by atoms with Crippen molar-refractivity contribution < 1.29 is 14.6 Å². The zero-order valence-corrected chi connectivity index (χ0v) is 9.18. The van der Waals surface area contributed by atoms with Crippen molar-refractivity contribution in [1.29, 1.82) is 0 Å². The van der Waals surface area contributed by atoms with Gasteiger partial charge in [-0.3, -0.25) is 4.79 Å². The van der Waals surface area contributed by atoms with E-state index in [1.165, 1.54) is 13.1 Å². The molecule has 5 heteroatoms. The number of carbonyl (C=O) groups excluding carboxylic acids is 1. The van der Waals surface area contributed by atoms with Crippen LogP contribution in [0.5, 0.6) is 5.75 Å². The second-order valence-corrected chi connectivity index (χ2v) is 3.19. The van der Waals surface area contributed by atoms with Gasteiger partial charge in [0, 0.05) is 0 Å². The van der Waals surface area contributed by atoms with Gasteiger partial charge in [-0.2, -0.15) is 5.10 Å². The Balaban J connectivity index is 2.59. The van der Waals surface area contributed by atoms with Gasteiger partial charge >= 0.3 is 0 Å². The molecule has 0 aliphatic carbocycles. The molecule has 1 rings (SSSR count). The summed E-state index contributed by atoms with van der Waals surface area (Å²) in [4.78, 5) is 11.0. The second-order valence-electron chi connectivity index (χ2n) is 3.19. The fourth-order valence-corrected chi connectivity index (χ4v) is 0.986. The Morgan fingerprint density at radius 3 is 3.00 bits per heavy atom. The minimum absolute atomic E-state index is 0.542. The second kappa shape index (κ2) is 5.87. The molecule has 0 fully saturated rings. The minimum Gasteiger partial charge on any atom is -0.497 e. The number of amides is 1. The smallest absolute Gasteiger partial charge is 0.268 e. The van der Waals surface area contributed by atoms with E-state index in [4.69, 9.17) is 9.84 Å². The van der Waals surface area contributed by atoms with Crippen LogP contribution in [-0.4, -0.2) is 30.4 Å². The standard InChI is InChI=1S/C11H14N2O3/c1-8(14)11(15)13-12-7-9-4-3-5-10(6-9)16-2/h3-8,14H,1-2H3,(H,13,15)/b12-7-/t8-/m0/s1. The molecule has 0 unspecified atom stereocenters. The summed E-state index contributed by atoms with van der Waals surface area (Å²) < 4.78 is 5.03. The molecule has 1 amide bonds. The Labute approximate surface area is 93.7 Å². The van der Waals surface area contributed by atoms with Crippen molar-refractivity contribution in [3.63, 3.8) is 0 Å². The van der Waals surface area contributed by atoms with Crippen LogP contribution in [-0.2, 0) is 4.79 Å². The number of hydrazone groups is 1. The largest absolute Gasteiger partial charge is 0.497 e. The molecule has 0 aliphatic heterocycles. The van der Waals surface area contributed by atoms with Gasteiger partial charge in [0.15, 0.2) is 0 Å². The number of aliphatic hydroxyl groups is 1. The molecule has 0 aromatic heterocycles. The van der Waals surface area contributed by atoms with E-state index < -0.39 is 12.0 Å². The van der Waals surface area contributed by atoms with Gasteiger partial charge in [-0.25, -0.2) is 5.43 Å². The molecular formula is C11H14N2O3. The maximum absolute atomic E-state index is 11.0. The predicted octanol–water partition coefficient (Wildman–Crippen LogP) is 0.526. The van der Waals surface area contributed by atoms with Gasteiger partial charge in [-0.1, -0.05) is 12.1 Å². The molecule has 0 aliphatic rings. The van der Waals surface area contributed by atoms with Crippen LogP contribution in [0.15, 0.2) is 29.4 Å². The monoisotopic (exact) mass is 222 g/mol. The van der Waals surface area contributed by atoms with Crippen molar-refractivity contribution in [3.8, 4) is 5.75 Å². The fourth-order valence-electron chi connectivity index (χ4n) is 0.986. The molecule has 1 aromatic rings. The Kier molecular flexibility index (Phi) is 4.47. The average Bonchev–Trinajstić information content (AvgIpc) is 2.29. The lowest BCUT2D eigenvalue weighted by Gasteiger charge is -2.01. The number of aliphatic hydroxyl groups excluding tert-OH is 1. The number of nitrogens with one attached hydrogen (secondary N) is 1. The lowest BCUT2D eigenvalue weighted by Crippen LogP contribution is -2.28. The highest BCUT2D eigenvalue weighted by atomic mass is 16.5. The van der Waals surface area contributed by atoms with Crippen LogP contribution in [0.3, 0.4) is 0 Å². The van der Waals surface area contributed by atoms with Crippen molar-refractivity contribution >= 4 is 12.1 Å². The summed E-state index contributed by atoms with van der Waals surface area (Å²) in [5, 5.41) is 12.6. The zero-order chi connectivity index (χ0) is 12.0. The number of hydrogen-bond donors (Lipinski definition) is 2. The van der Waals surface area contributed by atoms with Gasteiger partial charge in [0.1, 0.15) is 11.9 Å². The molecule has 0 spiro atoms. The summed E-state index contributed by atoms with van der Waals surface area (Å²) in [7, 11) is 1.57. The molecule has 1 atom stereocenters. The number of carbonyl (C=O) groups is 1. The molecule has 0 saturated carbocycles. The summed E-state index contributed by atoms with van der Waals surface area (Å²) in [5.74, 6) is 0.171. The summed E-state index contributed by atoms with van der Waals surface area (Å²) >= 11 is 0. The van der Waals surface area contributed by atoms with Crippen molar-refractivity contribution in [2.45, 2.75) is 13.0 Å². The van der Waals surface area contributed by atoms with E-state index in [-0.39, 0.29) is 0 Å². The number of benzene rings is 1. The highest BCUT2D eigenvalue weighted by Gasteiger charge is 2.05. The molecule has 16 heavy (non-hydrogen) atoms. The van der Waals surface area contributed by atoms with Gasteiger partial charge < -0.3 is 9.84 Å². The number of hydrogen-bond acceptors (Lipinski definition) is 4. The molecule has 86 valence electrons. The number of nitrogens with zero attached hydrogens (tertiary/aromatic N) is 1. The van der Waals surface area contributed by atoms with E-state index in [2.05, 4.69) is 10.5 Å². The van der Waals surface area contributed by atoms with Crippen LogP contribution in [0.25, 0.3) is 0 Å². The van der Waals surface area contributed by atoms with Crippen LogP contribution in [0, 0.1) is 0 Å². The van der Waals surface area contributed by atoms with Crippen molar-refractivity contribution in [2.75, 3.05) is 7.11 Å². The van der Waals surface area contributed by atoms with Crippen LogP contribution in [0.1, 0.15) is 12.5 Å². The van der Waals surface area contributed by atoms with Crippen molar-refractivity contribution in [1.82, 2.24) is 5.43 Å². The first-order chi connectivity index (χ1) is 7.63. The fraction of sp³-hybridized carbons (Fsp3) is 0.273. The van der Waals surface area contributed by atoms with Crippen LogP contribution in [0.4, 0.5) is 0 Å². The first kappa shape index (κ1) is 12.2. The average molecular weight is 222 g/mol. The van der Waals surface area contributed by atoms with Gasteiger partial charge in [0.2, 0.25) is 0 Å². The third kappa shape index (κ3) is 3.70. The van der Waals surface area contributed by atoms with Crippen molar-refractivity contribution in [2.24, 2.45) is 5.10 Å². The lowest BCUT2D eigenvalue weighted by atomic mass is 10.2. The maximum atomic E-state index is 11.0. The molecule has 0 heterocycles.